The number of carbonyl (C=O) groups excluding carboxylic acids is 1. The van der Waals surface area contributed by atoms with E-state index in [1.807, 2.05) is 6.07 Å². The van der Waals surface area contributed by atoms with E-state index >= 15 is 0 Å². The zero-order valence-corrected chi connectivity index (χ0v) is 10.9. The lowest BCUT2D eigenvalue weighted by Crippen LogP contribution is -2.31. The number of carboxylic acid groups (broad SMARTS) is 1. The molecule has 0 saturated heterocycles. The molecule has 18 heavy (non-hydrogen) atoms. The average molecular weight is 267 g/mol. The third-order valence-corrected chi connectivity index (χ3v) is 2.85. The molecule has 0 aliphatic rings. The minimum absolute atomic E-state index is 0.198. The summed E-state index contributed by atoms with van der Waals surface area (Å²) in [7, 11) is 0. The molecule has 1 aromatic carbocycles. The number of carbonyl (C=O) groups is 2. The van der Waals surface area contributed by atoms with Crippen LogP contribution in [0.4, 0.5) is 0 Å². The molecule has 1 rings (SSSR count). The van der Waals surface area contributed by atoms with Gasteiger partial charge in [0.25, 0.3) is 0 Å². The second-order valence-electron chi connectivity index (χ2n) is 3.93. The largest absolute Gasteiger partial charge is 0.481 e. The van der Waals surface area contributed by atoms with E-state index < -0.39 is 11.9 Å². The summed E-state index contributed by atoms with van der Waals surface area (Å²) >= 11 is 4.05. The van der Waals surface area contributed by atoms with Crippen molar-refractivity contribution < 1.29 is 14.7 Å². The third kappa shape index (κ3) is 4.79. The SMILES string of the molecule is O=C(O)CC(C(=O)NCCCS)c1ccccc1. The average Bonchev–Trinajstić information content (AvgIpc) is 2.37. The zero-order valence-electron chi connectivity index (χ0n) is 10.0. The minimum Gasteiger partial charge on any atom is -0.481 e. The summed E-state index contributed by atoms with van der Waals surface area (Å²) < 4.78 is 0. The molecule has 0 aromatic heterocycles. The molecule has 0 aliphatic heterocycles. The van der Waals surface area contributed by atoms with Crippen LogP contribution < -0.4 is 5.32 Å². The van der Waals surface area contributed by atoms with E-state index in [1.54, 1.807) is 24.3 Å². The fourth-order valence-electron chi connectivity index (χ4n) is 1.64. The first-order chi connectivity index (χ1) is 8.65. The Hall–Kier alpha value is -1.49. The Morgan fingerprint density at radius 2 is 1.94 bits per heavy atom. The van der Waals surface area contributed by atoms with Crippen LogP contribution in [0.25, 0.3) is 0 Å². The molecule has 2 N–H and O–H groups in total. The van der Waals surface area contributed by atoms with E-state index in [0.29, 0.717) is 12.3 Å². The Labute approximate surface area is 112 Å². The predicted octanol–water partition coefficient (Wildman–Crippen LogP) is 1.68. The lowest BCUT2D eigenvalue weighted by molar-refractivity contribution is -0.139. The first kappa shape index (κ1) is 14.6. The highest BCUT2D eigenvalue weighted by molar-refractivity contribution is 7.80. The summed E-state index contributed by atoms with van der Waals surface area (Å²) in [6.45, 7) is 0.519. The molecule has 0 spiro atoms. The predicted molar refractivity (Wildman–Crippen MR) is 72.9 cm³/mol. The number of rotatable bonds is 7. The van der Waals surface area contributed by atoms with Crippen molar-refractivity contribution in [1.29, 1.82) is 0 Å². The fourth-order valence-corrected chi connectivity index (χ4v) is 1.79. The van der Waals surface area contributed by atoms with E-state index in [1.165, 1.54) is 0 Å². The maximum atomic E-state index is 12.0. The molecule has 0 bridgehead atoms. The molecular weight excluding hydrogens is 250 g/mol. The molecule has 1 atom stereocenters. The van der Waals surface area contributed by atoms with Gasteiger partial charge >= 0.3 is 5.97 Å². The number of aliphatic carboxylic acids is 1. The number of benzene rings is 1. The monoisotopic (exact) mass is 267 g/mol. The number of amides is 1. The standard InChI is InChI=1S/C13H17NO3S/c15-12(16)9-11(10-5-2-1-3-6-10)13(17)14-7-4-8-18/h1-3,5-6,11,18H,4,7-9H2,(H,14,17)(H,15,16). The van der Waals surface area contributed by atoms with Gasteiger partial charge in [-0.3, -0.25) is 9.59 Å². The lowest BCUT2D eigenvalue weighted by atomic mass is 9.95. The number of nitrogens with one attached hydrogen (secondary N) is 1. The molecule has 0 aliphatic carbocycles. The number of hydrogen-bond acceptors (Lipinski definition) is 3. The Bertz CT molecular complexity index is 394. The van der Waals surface area contributed by atoms with Gasteiger partial charge in [0.1, 0.15) is 0 Å². The molecule has 4 nitrogen and oxygen atoms in total. The topological polar surface area (TPSA) is 66.4 Å². The second kappa shape index (κ2) is 7.76. The van der Waals surface area contributed by atoms with Crippen molar-refractivity contribution in [3.05, 3.63) is 35.9 Å². The van der Waals surface area contributed by atoms with Gasteiger partial charge < -0.3 is 10.4 Å². The van der Waals surface area contributed by atoms with Gasteiger partial charge in [-0.05, 0) is 17.7 Å². The fraction of sp³-hybridized carbons (Fsp3) is 0.385. The van der Waals surface area contributed by atoms with Gasteiger partial charge in [-0.15, -0.1) is 0 Å². The Balaban J connectivity index is 2.72. The normalized spacial score (nSPS) is 11.8. The maximum absolute atomic E-state index is 12.0. The molecule has 98 valence electrons. The van der Waals surface area contributed by atoms with E-state index in [2.05, 4.69) is 17.9 Å². The van der Waals surface area contributed by atoms with Crippen LogP contribution in [-0.2, 0) is 9.59 Å². The summed E-state index contributed by atoms with van der Waals surface area (Å²) in [4.78, 5) is 22.8. The van der Waals surface area contributed by atoms with Gasteiger partial charge in [0.2, 0.25) is 5.91 Å². The van der Waals surface area contributed by atoms with Crippen LogP contribution in [0.15, 0.2) is 30.3 Å². The quantitative estimate of drug-likeness (QED) is 0.520. The highest BCUT2D eigenvalue weighted by atomic mass is 32.1. The van der Waals surface area contributed by atoms with Crippen molar-refractivity contribution in [2.75, 3.05) is 12.3 Å². The van der Waals surface area contributed by atoms with Gasteiger partial charge in [-0.2, -0.15) is 12.6 Å². The Morgan fingerprint density at radius 3 is 2.50 bits per heavy atom. The van der Waals surface area contributed by atoms with Crippen molar-refractivity contribution in [2.45, 2.75) is 18.8 Å². The zero-order chi connectivity index (χ0) is 13.4. The molecule has 1 amide bonds. The van der Waals surface area contributed by atoms with Gasteiger partial charge in [0.15, 0.2) is 0 Å². The van der Waals surface area contributed by atoms with Crippen molar-refractivity contribution in [1.82, 2.24) is 5.32 Å². The van der Waals surface area contributed by atoms with Gasteiger partial charge in [0, 0.05) is 6.54 Å². The van der Waals surface area contributed by atoms with E-state index in [-0.39, 0.29) is 12.3 Å². The lowest BCUT2D eigenvalue weighted by Gasteiger charge is -2.15. The molecule has 1 aromatic rings. The van der Waals surface area contributed by atoms with Gasteiger partial charge in [-0.1, -0.05) is 30.3 Å². The van der Waals surface area contributed by atoms with Crippen molar-refractivity contribution >= 4 is 24.5 Å². The minimum atomic E-state index is -0.979. The van der Waals surface area contributed by atoms with Crippen LogP contribution in [0, 0.1) is 0 Å². The number of hydrogen-bond donors (Lipinski definition) is 3. The molecular formula is C13H17NO3S. The summed E-state index contributed by atoms with van der Waals surface area (Å²) in [5.41, 5.74) is 0.725. The van der Waals surface area contributed by atoms with Crippen LogP contribution in [0.1, 0.15) is 24.3 Å². The second-order valence-corrected chi connectivity index (χ2v) is 4.38. The first-order valence-electron chi connectivity index (χ1n) is 5.80. The number of carboxylic acids is 1. The highest BCUT2D eigenvalue weighted by Gasteiger charge is 2.22. The Morgan fingerprint density at radius 1 is 1.28 bits per heavy atom. The van der Waals surface area contributed by atoms with E-state index in [9.17, 15) is 9.59 Å². The molecule has 1 unspecified atom stereocenters. The third-order valence-electron chi connectivity index (χ3n) is 2.53. The highest BCUT2D eigenvalue weighted by Crippen LogP contribution is 2.19. The summed E-state index contributed by atoms with van der Waals surface area (Å²) in [6, 6.07) is 8.97. The van der Waals surface area contributed by atoms with Gasteiger partial charge in [0.05, 0.1) is 12.3 Å². The molecule has 0 heterocycles. The van der Waals surface area contributed by atoms with E-state index in [4.69, 9.17) is 5.11 Å². The van der Waals surface area contributed by atoms with Crippen LogP contribution >= 0.6 is 12.6 Å². The van der Waals surface area contributed by atoms with Crippen LogP contribution in [0.2, 0.25) is 0 Å². The van der Waals surface area contributed by atoms with Crippen molar-refractivity contribution in [2.24, 2.45) is 0 Å². The van der Waals surface area contributed by atoms with Crippen LogP contribution in [0.5, 0.6) is 0 Å². The molecule has 0 radical (unpaired) electrons. The maximum Gasteiger partial charge on any atom is 0.304 e. The smallest absolute Gasteiger partial charge is 0.304 e. The van der Waals surface area contributed by atoms with Crippen LogP contribution in [-0.4, -0.2) is 29.3 Å². The summed E-state index contributed by atoms with van der Waals surface area (Å²) in [5, 5.41) is 11.6. The summed E-state index contributed by atoms with van der Waals surface area (Å²) in [6.07, 6.45) is 0.570. The number of thiol groups is 1. The van der Waals surface area contributed by atoms with Gasteiger partial charge in [-0.25, -0.2) is 0 Å². The van der Waals surface area contributed by atoms with Crippen molar-refractivity contribution in [3.8, 4) is 0 Å². The molecule has 5 heteroatoms. The Kier molecular flexibility index (Phi) is 6.28. The van der Waals surface area contributed by atoms with Crippen LogP contribution in [0.3, 0.4) is 0 Å². The first-order valence-corrected chi connectivity index (χ1v) is 6.43. The van der Waals surface area contributed by atoms with E-state index in [0.717, 1.165) is 12.0 Å². The summed E-state index contributed by atoms with van der Waals surface area (Å²) in [5.74, 6) is -1.17. The molecule has 0 fully saturated rings. The van der Waals surface area contributed by atoms with Crippen molar-refractivity contribution in [3.63, 3.8) is 0 Å². The molecule has 0 saturated carbocycles.